The molecule has 0 saturated carbocycles. The van der Waals surface area contributed by atoms with Crippen LogP contribution in [0.15, 0.2) is 18.2 Å². The summed E-state index contributed by atoms with van der Waals surface area (Å²) in [7, 11) is -0.624. The Kier molecular flexibility index (Phi) is 5.42. The summed E-state index contributed by atoms with van der Waals surface area (Å²) in [6.45, 7) is 3.47. The first kappa shape index (κ1) is 18.0. The lowest BCUT2D eigenvalue weighted by Crippen LogP contribution is -2.18. The van der Waals surface area contributed by atoms with E-state index >= 15 is 0 Å². The Labute approximate surface area is 119 Å². The van der Waals surface area contributed by atoms with Crippen molar-refractivity contribution in [3.63, 3.8) is 0 Å². The molecule has 21 heavy (non-hydrogen) atoms. The van der Waals surface area contributed by atoms with E-state index in [-0.39, 0.29) is 12.1 Å². The van der Waals surface area contributed by atoms with Gasteiger partial charge in [0, 0.05) is 5.56 Å². The molecule has 0 saturated heterocycles. The molecule has 0 aromatic heterocycles. The van der Waals surface area contributed by atoms with Gasteiger partial charge in [-0.3, -0.25) is 4.79 Å². The summed E-state index contributed by atoms with van der Waals surface area (Å²) in [6.07, 6.45) is -9.76. The molecule has 0 aliphatic rings. The van der Waals surface area contributed by atoms with Crippen LogP contribution in [-0.4, -0.2) is 11.7 Å². The van der Waals surface area contributed by atoms with E-state index in [0.29, 0.717) is 18.2 Å². The second-order valence-corrected chi connectivity index (χ2v) is 6.04. The predicted octanol–water partition coefficient (Wildman–Crippen LogP) is 5.20. The summed E-state index contributed by atoms with van der Waals surface area (Å²) >= 11 is 0. The van der Waals surface area contributed by atoms with E-state index in [4.69, 9.17) is 0 Å². The first-order chi connectivity index (χ1) is 9.44. The molecule has 0 N–H and O–H groups in total. The van der Waals surface area contributed by atoms with E-state index in [1.165, 1.54) is 0 Å². The molecule has 0 radical (unpaired) electrons. The number of benzene rings is 1. The van der Waals surface area contributed by atoms with Gasteiger partial charge in [0.1, 0.15) is 0 Å². The van der Waals surface area contributed by atoms with Crippen molar-refractivity contribution in [2.75, 3.05) is 6.16 Å². The molecule has 0 aliphatic heterocycles. The van der Waals surface area contributed by atoms with Crippen LogP contribution in [-0.2, 0) is 12.4 Å². The van der Waals surface area contributed by atoms with Gasteiger partial charge in [-0.15, -0.1) is 0 Å². The average molecular weight is 330 g/mol. The van der Waals surface area contributed by atoms with Crippen LogP contribution in [0.3, 0.4) is 0 Å². The first-order valence-corrected chi connectivity index (χ1v) is 7.21. The molecule has 1 rings (SSSR count). The fraction of sp³-hybridized carbons (Fsp3) is 0.462. The summed E-state index contributed by atoms with van der Waals surface area (Å²) in [4.78, 5) is 11.9. The number of carbonyl (C=O) groups is 1. The second kappa shape index (κ2) is 6.34. The van der Waals surface area contributed by atoms with Gasteiger partial charge in [0.2, 0.25) is 0 Å². The van der Waals surface area contributed by atoms with Crippen LogP contribution in [0.4, 0.5) is 26.3 Å². The Hall–Kier alpha value is -1.10. The molecule has 118 valence electrons. The standard InChI is InChI=1S/C13H13F6OP/c1-7(2)6-21-11(20)10-8(12(14,15)16)4-3-5-9(10)13(17,18)19/h3-5,7,21H,6H2,1-2H3. The topological polar surface area (TPSA) is 17.1 Å². The van der Waals surface area contributed by atoms with Crippen molar-refractivity contribution in [2.45, 2.75) is 26.2 Å². The Balaban J connectivity index is 3.40. The zero-order valence-electron chi connectivity index (χ0n) is 11.2. The van der Waals surface area contributed by atoms with E-state index in [1.54, 1.807) is 13.8 Å². The van der Waals surface area contributed by atoms with Crippen molar-refractivity contribution in [3.8, 4) is 0 Å². The first-order valence-electron chi connectivity index (χ1n) is 6.00. The van der Waals surface area contributed by atoms with Gasteiger partial charge in [-0.1, -0.05) is 19.9 Å². The van der Waals surface area contributed by atoms with Gasteiger partial charge in [0.05, 0.1) is 11.1 Å². The molecule has 0 amide bonds. The predicted molar refractivity (Wildman–Crippen MR) is 68.8 cm³/mol. The van der Waals surface area contributed by atoms with E-state index in [0.717, 1.165) is 0 Å². The zero-order chi connectivity index (χ0) is 16.4. The van der Waals surface area contributed by atoms with Crippen LogP contribution in [0.2, 0.25) is 0 Å². The maximum absolute atomic E-state index is 12.9. The normalized spacial score (nSPS) is 13.4. The highest BCUT2D eigenvalue weighted by Gasteiger charge is 2.42. The molecule has 0 bridgehead atoms. The van der Waals surface area contributed by atoms with Crippen LogP contribution in [0.1, 0.15) is 35.3 Å². The molecule has 0 heterocycles. The highest BCUT2D eigenvalue weighted by molar-refractivity contribution is 7.58. The van der Waals surface area contributed by atoms with Crippen molar-refractivity contribution < 1.29 is 31.1 Å². The van der Waals surface area contributed by atoms with Gasteiger partial charge in [0.25, 0.3) is 0 Å². The van der Waals surface area contributed by atoms with Crippen LogP contribution >= 0.6 is 8.58 Å². The monoisotopic (exact) mass is 330 g/mol. The number of hydrogen-bond acceptors (Lipinski definition) is 1. The number of carbonyl (C=O) groups excluding carboxylic acids is 1. The molecular weight excluding hydrogens is 317 g/mol. The summed E-state index contributed by atoms with van der Waals surface area (Å²) in [6, 6.07) is 1.67. The smallest absolute Gasteiger partial charge is 0.289 e. The lowest BCUT2D eigenvalue weighted by molar-refractivity contribution is -0.143. The molecule has 1 nitrogen and oxygen atoms in total. The maximum atomic E-state index is 12.9. The van der Waals surface area contributed by atoms with Crippen molar-refractivity contribution in [1.29, 1.82) is 0 Å². The number of alkyl halides is 6. The Morgan fingerprint density at radius 3 is 1.81 bits per heavy atom. The molecule has 8 heteroatoms. The average Bonchev–Trinajstić information content (AvgIpc) is 2.32. The van der Waals surface area contributed by atoms with Crippen molar-refractivity contribution in [1.82, 2.24) is 0 Å². The Bertz CT molecular complexity index is 486. The molecule has 1 atom stereocenters. The van der Waals surface area contributed by atoms with Crippen LogP contribution < -0.4 is 0 Å². The Morgan fingerprint density at radius 1 is 1.05 bits per heavy atom. The van der Waals surface area contributed by atoms with Crippen molar-refractivity contribution in [2.24, 2.45) is 5.92 Å². The fourth-order valence-electron chi connectivity index (χ4n) is 1.65. The minimum Gasteiger partial charge on any atom is -0.289 e. The SMILES string of the molecule is CC(C)CPC(=O)c1c(C(F)(F)F)cccc1C(F)(F)F. The Morgan fingerprint density at radius 2 is 1.48 bits per heavy atom. The van der Waals surface area contributed by atoms with Crippen LogP contribution in [0.25, 0.3) is 0 Å². The lowest BCUT2D eigenvalue weighted by atomic mass is 10.0. The largest absolute Gasteiger partial charge is 0.417 e. The van der Waals surface area contributed by atoms with Crippen molar-refractivity contribution >= 4 is 14.1 Å². The highest BCUT2D eigenvalue weighted by atomic mass is 31.1. The number of halogens is 6. The molecule has 1 aromatic rings. The molecule has 0 spiro atoms. The van der Waals surface area contributed by atoms with Crippen molar-refractivity contribution in [3.05, 3.63) is 34.9 Å². The third-order valence-corrected chi connectivity index (χ3v) is 4.16. The minimum absolute atomic E-state index is 0.0136. The van der Waals surface area contributed by atoms with Gasteiger partial charge < -0.3 is 0 Å². The quantitative estimate of drug-likeness (QED) is 0.548. The summed E-state index contributed by atoms with van der Waals surface area (Å²) < 4.78 is 77.2. The van der Waals surface area contributed by atoms with E-state index in [2.05, 4.69) is 0 Å². The fourth-order valence-corrected chi connectivity index (χ4v) is 2.69. The molecule has 1 aromatic carbocycles. The summed E-state index contributed by atoms with van der Waals surface area (Å²) in [5.41, 5.74) is -5.43. The second-order valence-electron chi connectivity index (χ2n) is 4.83. The van der Waals surface area contributed by atoms with Crippen LogP contribution in [0.5, 0.6) is 0 Å². The van der Waals surface area contributed by atoms with E-state index in [1.807, 2.05) is 0 Å². The van der Waals surface area contributed by atoms with E-state index in [9.17, 15) is 31.1 Å². The molecular formula is C13H13F6OP. The van der Waals surface area contributed by atoms with Gasteiger partial charge in [-0.05, 0) is 32.8 Å². The number of hydrogen-bond donors (Lipinski definition) is 0. The molecule has 1 unspecified atom stereocenters. The molecule has 0 fully saturated rings. The number of rotatable bonds is 4. The van der Waals surface area contributed by atoms with E-state index < -0.39 is 43.1 Å². The summed E-state index contributed by atoms with van der Waals surface area (Å²) in [5.74, 6) is 0.0136. The maximum Gasteiger partial charge on any atom is 0.417 e. The summed E-state index contributed by atoms with van der Waals surface area (Å²) in [5, 5.41) is 0. The lowest BCUT2D eigenvalue weighted by Gasteiger charge is -2.18. The third-order valence-electron chi connectivity index (χ3n) is 2.57. The van der Waals surface area contributed by atoms with Crippen LogP contribution in [0, 0.1) is 5.92 Å². The highest BCUT2D eigenvalue weighted by Crippen LogP contribution is 2.41. The van der Waals surface area contributed by atoms with Gasteiger partial charge in [-0.25, -0.2) is 0 Å². The van der Waals surface area contributed by atoms with Gasteiger partial charge in [0.15, 0.2) is 5.52 Å². The van der Waals surface area contributed by atoms with Gasteiger partial charge >= 0.3 is 12.4 Å². The molecule has 0 aliphatic carbocycles. The zero-order valence-corrected chi connectivity index (χ0v) is 12.2. The minimum atomic E-state index is -5.01. The van der Waals surface area contributed by atoms with Gasteiger partial charge in [-0.2, -0.15) is 26.3 Å². The third kappa shape index (κ3) is 4.70.